The van der Waals surface area contributed by atoms with Gasteiger partial charge in [0.15, 0.2) is 0 Å². The summed E-state index contributed by atoms with van der Waals surface area (Å²) < 4.78 is 34.7. The predicted octanol–water partition coefficient (Wildman–Crippen LogP) is 1.35. The third kappa shape index (κ3) is 4.64. The summed E-state index contributed by atoms with van der Waals surface area (Å²) in [7, 11) is -3.53. The van der Waals surface area contributed by atoms with Gasteiger partial charge in [-0.15, -0.1) is 0 Å². The van der Waals surface area contributed by atoms with Crippen LogP contribution in [-0.2, 0) is 26.3 Å². The van der Waals surface area contributed by atoms with E-state index in [1.54, 1.807) is 0 Å². The van der Waals surface area contributed by atoms with Crippen LogP contribution in [0.3, 0.4) is 0 Å². The molecule has 1 aromatic rings. The van der Waals surface area contributed by atoms with Crippen molar-refractivity contribution < 1.29 is 17.9 Å². The molecule has 0 spiro atoms. The topological polar surface area (TPSA) is 79.0 Å². The second-order valence-electron chi connectivity index (χ2n) is 6.53. The minimum absolute atomic E-state index is 0.0948. The highest BCUT2D eigenvalue weighted by atomic mass is 79.9. The molecule has 0 saturated carbocycles. The molecule has 9 heteroatoms. The summed E-state index contributed by atoms with van der Waals surface area (Å²) in [5, 5.41) is 2.94. The van der Waals surface area contributed by atoms with E-state index in [9.17, 15) is 13.2 Å². The lowest BCUT2D eigenvalue weighted by atomic mass is 9.99. The number of nitrogens with one attached hydrogen (secondary N) is 1. The third-order valence-electron chi connectivity index (χ3n) is 4.79. The van der Waals surface area contributed by atoms with Crippen molar-refractivity contribution >= 4 is 32.0 Å². The van der Waals surface area contributed by atoms with Crippen LogP contribution in [0.4, 0.5) is 0 Å². The molecule has 2 saturated heterocycles. The molecule has 1 atom stereocenters. The number of rotatable bonds is 5. The monoisotopic (exact) mass is 445 g/mol. The molecule has 2 fully saturated rings. The van der Waals surface area contributed by atoms with E-state index in [-0.39, 0.29) is 18.4 Å². The number of piperidine rings is 1. The minimum Gasteiger partial charge on any atom is -0.379 e. The number of nitrogens with zero attached hydrogens (tertiary/aromatic N) is 2. The Morgan fingerprint density at radius 1 is 1.19 bits per heavy atom. The van der Waals surface area contributed by atoms with E-state index in [1.807, 2.05) is 24.3 Å². The maximum Gasteiger partial charge on any atom is 0.282 e. The first-order chi connectivity index (χ1) is 12.5. The van der Waals surface area contributed by atoms with Crippen LogP contribution < -0.4 is 5.32 Å². The molecule has 3 rings (SSSR count). The summed E-state index contributed by atoms with van der Waals surface area (Å²) in [5.41, 5.74) is 0.995. The second kappa shape index (κ2) is 8.79. The third-order valence-corrected chi connectivity index (χ3v) is 7.56. The zero-order valence-electron chi connectivity index (χ0n) is 14.6. The van der Waals surface area contributed by atoms with Crippen molar-refractivity contribution in [1.29, 1.82) is 0 Å². The number of carbonyl (C=O) groups is 1. The fourth-order valence-corrected chi connectivity index (χ4v) is 5.37. The van der Waals surface area contributed by atoms with Gasteiger partial charge in [0.2, 0.25) is 5.91 Å². The summed E-state index contributed by atoms with van der Waals surface area (Å²) in [6.45, 7) is 2.71. The Hall–Kier alpha value is -1.00. The zero-order chi connectivity index (χ0) is 18.6. The molecule has 2 aliphatic heterocycles. The van der Waals surface area contributed by atoms with Crippen LogP contribution in [0.5, 0.6) is 0 Å². The fraction of sp³-hybridized carbons (Fsp3) is 0.588. The molecular weight excluding hydrogens is 422 g/mol. The number of benzene rings is 1. The Morgan fingerprint density at radius 3 is 2.65 bits per heavy atom. The average molecular weight is 446 g/mol. The van der Waals surface area contributed by atoms with Crippen LogP contribution in [0.1, 0.15) is 18.4 Å². The van der Waals surface area contributed by atoms with Crippen molar-refractivity contribution in [3.63, 3.8) is 0 Å². The summed E-state index contributed by atoms with van der Waals surface area (Å²) in [4.78, 5) is 12.6. The van der Waals surface area contributed by atoms with Crippen LogP contribution in [-0.4, -0.2) is 62.3 Å². The van der Waals surface area contributed by atoms with Gasteiger partial charge in [-0.1, -0.05) is 34.1 Å². The SMILES string of the molecule is O=C(NCc1ccccc1Br)[C@@H]1CCCN(S(=O)(=O)N2CCOCC2)C1. The Labute approximate surface area is 163 Å². The molecule has 2 heterocycles. The molecule has 0 radical (unpaired) electrons. The Morgan fingerprint density at radius 2 is 1.92 bits per heavy atom. The van der Waals surface area contributed by atoms with E-state index in [0.717, 1.165) is 10.0 Å². The molecule has 7 nitrogen and oxygen atoms in total. The molecule has 0 aromatic heterocycles. The standard InChI is InChI=1S/C17H24BrN3O4S/c18-16-6-2-1-4-14(16)12-19-17(22)15-5-3-7-21(13-15)26(23,24)20-8-10-25-11-9-20/h1-2,4,6,15H,3,5,7-13H2,(H,19,22)/t15-/m1/s1. The lowest BCUT2D eigenvalue weighted by Crippen LogP contribution is -2.52. The second-order valence-corrected chi connectivity index (χ2v) is 9.31. The maximum absolute atomic E-state index is 12.8. The van der Waals surface area contributed by atoms with Crippen molar-refractivity contribution in [2.75, 3.05) is 39.4 Å². The summed E-state index contributed by atoms with van der Waals surface area (Å²) in [6, 6.07) is 7.72. The van der Waals surface area contributed by atoms with Gasteiger partial charge in [0.25, 0.3) is 10.2 Å². The minimum atomic E-state index is -3.53. The van der Waals surface area contributed by atoms with Crippen molar-refractivity contribution in [2.45, 2.75) is 19.4 Å². The van der Waals surface area contributed by atoms with Gasteiger partial charge in [-0.3, -0.25) is 4.79 Å². The van der Waals surface area contributed by atoms with Crippen molar-refractivity contribution in [3.8, 4) is 0 Å². The van der Waals surface area contributed by atoms with Crippen LogP contribution in [0.25, 0.3) is 0 Å². The number of amides is 1. The molecule has 1 amide bonds. The summed E-state index contributed by atoms with van der Waals surface area (Å²) in [6.07, 6.45) is 1.40. The lowest BCUT2D eigenvalue weighted by molar-refractivity contribution is -0.126. The molecule has 2 aliphatic rings. The number of carbonyl (C=O) groups excluding carboxylic acids is 1. The Balaban J connectivity index is 1.59. The van der Waals surface area contributed by atoms with Crippen LogP contribution >= 0.6 is 15.9 Å². The number of hydrogen-bond acceptors (Lipinski definition) is 4. The molecule has 26 heavy (non-hydrogen) atoms. The first kappa shape index (κ1) is 19.8. The highest BCUT2D eigenvalue weighted by Crippen LogP contribution is 2.22. The average Bonchev–Trinajstić information content (AvgIpc) is 2.68. The molecule has 144 valence electrons. The molecule has 0 bridgehead atoms. The van der Waals surface area contributed by atoms with Crippen molar-refractivity contribution in [1.82, 2.24) is 13.9 Å². The van der Waals surface area contributed by atoms with Crippen molar-refractivity contribution in [3.05, 3.63) is 34.3 Å². The van der Waals surface area contributed by atoms with Gasteiger partial charge in [0.1, 0.15) is 0 Å². The van der Waals surface area contributed by atoms with Gasteiger partial charge in [-0.2, -0.15) is 17.0 Å². The first-order valence-corrected chi connectivity index (χ1v) is 11.0. The van der Waals surface area contributed by atoms with Gasteiger partial charge in [0.05, 0.1) is 19.1 Å². The van der Waals surface area contributed by atoms with E-state index in [4.69, 9.17) is 4.74 Å². The lowest BCUT2D eigenvalue weighted by Gasteiger charge is -2.36. The number of halogens is 1. The van der Waals surface area contributed by atoms with E-state index in [1.165, 1.54) is 8.61 Å². The Kier molecular flexibility index (Phi) is 6.68. The zero-order valence-corrected chi connectivity index (χ0v) is 17.0. The van der Waals surface area contributed by atoms with Crippen LogP contribution in [0.15, 0.2) is 28.7 Å². The summed E-state index contributed by atoms with van der Waals surface area (Å²) >= 11 is 3.47. The maximum atomic E-state index is 12.8. The van der Waals surface area contributed by atoms with Gasteiger partial charge >= 0.3 is 0 Å². The largest absolute Gasteiger partial charge is 0.379 e. The first-order valence-electron chi connectivity index (χ1n) is 8.82. The highest BCUT2D eigenvalue weighted by Gasteiger charge is 2.36. The molecule has 1 aromatic carbocycles. The summed E-state index contributed by atoms with van der Waals surface area (Å²) in [5.74, 6) is -0.412. The van der Waals surface area contributed by atoms with Crippen molar-refractivity contribution in [2.24, 2.45) is 5.92 Å². The number of ether oxygens (including phenoxy) is 1. The van der Waals surface area contributed by atoms with E-state index < -0.39 is 10.2 Å². The normalized spacial score (nSPS) is 22.9. The Bertz CT molecular complexity index is 737. The number of morpholine rings is 1. The van der Waals surface area contributed by atoms with Gasteiger partial charge < -0.3 is 10.1 Å². The smallest absolute Gasteiger partial charge is 0.282 e. The molecule has 1 N–H and O–H groups in total. The van der Waals surface area contributed by atoms with Crippen LogP contribution in [0, 0.1) is 5.92 Å². The highest BCUT2D eigenvalue weighted by molar-refractivity contribution is 9.10. The van der Waals surface area contributed by atoms with Crippen LogP contribution in [0.2, 0.25) is 0 Å². The van der Waals surface area contributed by atoms with E-state index in [0.29, 0.717) is 52.2 Å². The quantitative estimate of drug-likeness (QED) is 0.741. The van der Waals surface area contributed by atoms with Gasteiger partial charge in [-0.25, -0.2) is 0 Å². The van der Waals surface area contributed by atoms with Gasteiger partial charge in [0, 0.05) is 37.2 Å². The fourth-order valence-electron chi connectivity index (χ4n) is 3.28. The molecule has 0 aliphatic carbocycles. The predicted molar refractivity (Wildman–Crippen MR) is 102 cm³/mol. The van der Waals surface area contributed by atoms with E-state index >= 15 is 0 Å². The van der Waals surface area contributed by atoms with Gasteiger partial charge in [-0.05, 0) is 24.5 Å². The number of hydrogen-bond donors (Lipinski definition) is 1. The molecule has 0 unspecified atom stereocenters. The molecular formula is C17H24BrN3O4S. The van der Waals surface area contributed by atoms with E-state index in [2.05, 4.69) is 21.2 Å².